The normalized spacial score (nSPS) is 11.2. The predicted molar refractivity (Wildman–Crippen MR) is 122 cm³/mol. The minimum absolute atomic E-state index is 0.114. The minimum atomic E-state index is 0.114. The number of rotatable bonds is 9. The van der Waals surface area contributed by atoms with E-state index < -0.39 is 0 Å². The Morgan fingerprint density at radius 1 is 0.968 bits per heavy atom. The van der Waals surface area contributed by atoms with Crippen molar-refractivity contribution in [2.45, 2.75) is 52.5 Å². The molecule has 2 aromatic carbocycles. The maximum absolute atomic E-state index is 12.9. The van der Waals surface area contributed by atoms with Gasteiger partial charge in [0.2, 0.25) is 5.82 Å². The van der Waals surface area contributed by atoms with Gasteiger partial charge in [-0.15, -0.1) is 10.2 Å². The molecule has 0 bridgehead atoms. The van der Waals surface area contributed by atoms with Crippen molar-refractivity contribution in [3.05, 3.63) is 75.7 Å². The zero-order chi connectivity index (χ0) is 21.6. The number of nitrogens with one attached hydrogen (secondary N) is 2. The van der Waals surface area contributed by atoms with Crippen LogP contribution in [0.5, 0.6) is 0 Å². The lowest BCUT2D eigenvalue weighted by atomic mass is 9.96. The first-order valence-electron chi connectivity index (χ1n) is 10.9. The Balaban J connectivity index is 1.61. The number of H-pyrrole nitrogens is 2. The summed E-state index contributed by atoms with van der Waals surface area (Å²) in [4.78, 5) is 12.9. The summed E-state index contributed by atoms with van der Waals surface area (Å²) in [5.41, 5.74) is 6.24. The Morgan fingerprint density at radius 2 is 1.74 bits per heavy atom. The van der Waals surface area contributed by atoms with E-state index in [0.29, 0.717) is 12.2 Å². The third-order valence-corrected chi connectivity index (χ3v) is 5.53. The molecule has 0 radical (unpaired) electrons. The first kappa shape index (κ1) is 20.8. The average molecular weight is 417 g/mol. The third-order valence-electron chi connectivity index (χ3n) is 5.53. The molecule has 0 spiro atoms. The van der Waals surface area contributed by atoms with Crippen LogP contribution in [0, 0.1) is 0 Å². The molecule has 2 aromatic heterocycles. The number of aromatic nitrogens is 6. The van der Waals surface area contributed by atoms with Crippen LogP contribution >= 0.6 is 0 Å². The van der Waals surface area contributed by atoms with Crippen LogP contribution in [0.15, 0.2) is 53.3 Å². The fourth-order valence-corrected chi connectivity index (χ4v) is 3.90. The van der Waals surface area contributed by atoms with Crippen LogP contribution in [-0.2, 0) is 19.4 Å². The van der Waals surface area contributed by atoms with E-state index in [0.717, 1.165) is 65.7 Å². The smallest absolute Gasteiger partial charge is 0.270 e. The van der Waals surface area contributed by atoms with Crippen LogP contribution in [0.2, 0.25) is 0 Å². The first-order valence-corrected chi connectivity index (χ1v) is 10.9. The third kappa shape index (κ3) is 4.50. The molecule has 2 N–H and O–H groups in total. The van der Waals surface area contributed by atoms with E-state index in [1.54, 1.807) is 4.68 Å². The van der Waals surface area contributed by atoms with Crippen LogP contribution in [0.1, 0.15) is 49.9 Å². The fraction of sp³-hybridized carbons (Fsp3) is 0.333. The van der Waals surface area contributed by atoms with Crippen LogP contribution in [0.4, 0.5) is 0 Å². The zero-order valence-electron chi connectivity index (χ0n) is 18.1. The lowest BCUT2D eigenvalue weighted by molar-refractivity contribution is 0.550. The molecule has 7 nitrogen and oxygen atoms in total. The molecule has 0 aliphatic rings. The molecule has 7 heteroatoms. The van der Waals surface area contributed by atoms with E-state index in [1.807, 2.05) is 18.2 Å². The summed E-state index contributed by atoms with van der Waals surface area (Å²) < 4.78 is 1.78. The molecule has 0 unspecified atom stereocenters. The zero-order valence-corrected chi connectivity index (χ0v) is 18.1. The number of aryl methyl sites for hydroxylation is 2. The van der Waals surface area contributed by atoms with Gasteiger partial charge in [0.1, 0.15) is 0 Å². The van der Waals surface area contributed by atoms with Crippen molar-refractivity contribution in [3.63, 3.8) is 0 Å². The van der Waals surface area contributed by atoms with Crippen molar-refractivity contribution in [1.82, 2.24) is 30.4 Å². The highest BCUT2D eigenvalue weighted by Gasteiger charge is 2.15. The van der Waals surface area contributed by atoms with Crippen LogP contribution in [0.3, 0.4) is 0 Å². The summed E-state index contributed by atoms with van der Waals surface area (Å²) in [5, 5.41) is 17.8. The van der Waals surface area contributed by atoms with E-state index in [-0.39, 0.29) is 5.56 Å². The van der Waals surface area contributed by atoms with Crippen LogP contribution < -0.4 is 5.56 Å². The van der Waals surface area contributed by atoms with Crippen molar-refractivity contribution in [2.75, 3.05) is 0 Å². The van der Waals surface area contributed by atoms with Crippen molar-refractivity contribution in [2.24, 2.45) is 0 Å². The Labute approximate surface area is 181 Å². The summed E-state index contributed by atoms with van der Waals surface area (Å²) in [5.74, 6) is 0.573. The molecular formula is C24H28N6O. The van der Waals surface area contributed by atoms with E-state index in [9.17, 15) is 4.79 Å². The molecule has 160 valence electrons. The summed E-state index contributed by atoms with van der Waals surface area (Å²) in [7, 11) is 0. The maximum Gasteiger partial charge on any atom is 0.270 e. The van der Waals surface area contributed by atoms with Crippen LogP contribution in [-0.4, -0.2) is 30.4 Å². The van der Waals surface area contributed by atoms with Crippen molar-refractivity contribution >= 4 is 0 Å². The van der Waals surface area contributed by atoms with Gasteiger partial charge >= 0.3 is 0 Å². The molecule has 31 heavy (non-hydrogen) atoms. The highest BCUT2D eigenvalue weighted by Crippen LogP contribution is 2.30. The van der Waals surface area contributed by atoms with E-state index in [4.69, 9.17) is 0 Å². The van der Waals surface area contributed by atoms with Gasteiger partial charge in [-0.3, -0.25) is 14.6 Å². The molecule has 0 atom stereocenters. The summed E-state index contributed by atoms with van der Waals surface area (Å²) >= 11 is 0. The van der Waals surface area contributed by atoms with Gasteiger partial charge in [-0.25, -0.2) is 0 Å². The van der Waals surface area contributed by atoms with Crippen molar-refractivity contribution in [1.29, 1.82) is 0 Å². The standard InChI is InChI=1S/C24H28N6O/c1-3-5-15-30-24(31)21(22(27-30)8-4-2)16-17-11-13-18(14-12-17)19-9-6-7-10-20(19)23-25-28-29-26-23/h6-7,9-14,27H,3-5,8,15-16H2,1-2H3,(H,25,26,28,29). The quantitative estimate of drug-likeness (QED) is 0.424. The molecule has 4 rings (SSSR count). The van der Waals surface area contributed by atoms with Crippen LogP contribution in [0.25, 0.3) is 22.5 Å². The largest absolute Gasteiger partial charge is 0.299 e. The SMILES string of the molecule is CCCCn1[nH]c(CCC)c(Cc2ccc(-c3ccccc3-c3nn[nH]n3)cc2)c1=O. The average Bonchev–Trinajstić information content (AvgIpc) is 3.43. The molecule has 0 aliphatic heterocycles. The number of hydrogen-bond donors (Lipinski definition) is 2. The van der Waals surface area contributed by atoms with Gasteiger partial charge in [-0.05, 0) is 34.7 Å². The number of unbranched alkanes of at least 4 members (excludes halogenated alkanes) is 1. The summed E-state index contributed by atoms with van der Waals surface area (Å²) in [6.07, 6.45) is 4.60. The molecule has 0 fully saturated rings. The topological polar surface area (TPSA) is 92.2 Å². The number of nitrogens with zero attached hydrogens (tertiary/aromatic N) is 4. The Hall–Kier alpha value is -3.48. The minimum Gasteiger partial charge on any atom is -0.299 e. The molecule has 2 heterocycles. The number of tetrazole rings is 1. The molecule has 0 amide bonds. The number of aromatic amines is 2. The summed E-state index contributed by atoms with van der Waals surface area (Å²) in [6.45, 7) is 5.03. The highest BCUT2D eigenvalue weighted by molar-refractivity contribution is 5.80. The summed E-state index contributed by atoms with van der Waals surface area (Å²) in [6, 6.07) is 16.4. The second-order valence-corrected chi connectivity index (χ2v) is 7.78. The van der Waals surface area contributed by atoms with Gasteiger partial charge in [-0.1, -0.05) is 75.2 Å². The van der Waals surface area contributed by atoms with Gasteiger partial charge in [0.15, 0.2) is 0 Å². The number of benzene rings is 2. The lowest BCUT2D eigenvalue weighted by Gasteiger charge is -2.08. The van der Waals surface area contributed by atoms with Crippen molar-refractivity contribution in [3.8, 4) is 22.5 Å². The van der Waals surface area contributed by atoms with Gasteiger partial charge in [0.05, 0.1) is 0 Å². The van der Waals surface area contributed by atoms with Gasteiger partial charge < -0.3 is 0 Å². The maximum atomic E-state index is 12.9. The Bertz CT molecular complexity index is 1170. The molecular weight excluding hydrogens is 388 g/mol. The molecule has 0 saturated heterocycles. The predicted octanol–water partition coefficient (Wildman–Crippen LogP) is 4.37. The molecule has 0 saturated carbocycles. The van der Waals surface area contributed by atoms with E-state index >= 15 is 0 Å². The number of hydrogen-bond acceptors (Lipinski definition) is 4. The molecule has 4 aromatic rings. The Kier molecular flexibility index (Phi) is 6.40. The molecule has 0 aliphatic carbocycles. The van der Waals surface area contributed by atoms with E-state index in [2.05, 4.69) is 69.9 Å². The second-order valence-electron chi connectivity index (χ2n) is 7.78. The van der Waals surface area contributed by atoms with Gasteiger partial charge in [0.25, 0.3) is 5.56 Å². The van der Waals surface area contributed by atoms with E-state index in [1.165, 1.54) is 0 Å². The van der Waals surface area contributed by atoms with Crippen molar-refractivity contribution < 1.29 is 0 Å². The van der Waals surface area contributed by atoms with Gasteiger partial charge in [0, 0.05) is 29.8 Å². The highest BCUT2D eigenvalue weighted by atomic mass is 16.1. The first-order chi connectivity index (χ1) is 15.2. The monoisotopic (exact) mass is 416 g/mol. The second kappa shape index (κ2) is 9.55. The van der Waals surface area contributed by atoms with Gasteiger partial charge in [-0.2, -0.15) is 5.21 Å². The lowest BCUT2D eigenvalue weighted by Crippen LogP contribution is -2.19. The fourth-order valence-electron chi connectivity index (χ4n) is 3.90. The Morgan fingerprint density at radius 3 is 2.42 bits per heavy atom.